The summed E-state index contributed by atoms with van der Waals surface area (Å²) in [7, 11) is 2.37. The van der Waals surface area contributed by atoms with E-state index < -0.39 is 16.9 Å². The molecule has 1 aliphatic heterocycles. The van der Waals surface area contributed by atoms with Crippen molar-refractivity contribution >= 4 is 35.1 Å². The van der Waals surface area contributed by atoms with E-state index in [1.54, 1.807) is 6.07 Å². The summed E-state index contributed by atoms with van der Waals surface area (Å²) in [6, 6.07) is 13.8. The highest BCUT2D eigenvalue weighted by Gasteiger charge is 2.33. The molecular weight excluding hydrogens is 412 g/mol. The maximum atomic E-state index is 12.5. The molecule has 2 aromatic carbocycles. The average molecular weight is 430 g/mol. The highest BCUT2D eigenvalue weighted by molar-refractivity contribution is 7.99. The second-order valence-corrected chi connectivity index (χ2v) is 7.22. The highest BCUT2D eigenvalue weighted by Crippen LogP contribution is 2.36. The van der Waals surface area contributed by atoms with Crippen molar-refractivity contribution in [3.8, 4) is 0 Å². The lowest BCUT2D eigenvalue weighted by Crippen LogP contribution is -2.38. The number of hydrogen-bond acceptors (Lipinski definition) is 9. The number of carbonyl (C=O) groups is 2. The SMILES string of the molecule is COC(=O)C1=C(C(=O)OC)N(c2cc(Sc3ccccc3)cc([N+](=O)[O-])c2)COC1. The van der Waals surface area contributed by atoms with Crippen LogP contribution in [0.5, 0.6) is 0 Å². The number of nitro benzene ring substituents is 1. The zero-order valence-electron chi connectivity index (χ0n) is 16.2. The number of nitro groups is 1. The molecule has 0 amide bonds. The lowest BCUT2D eigenvalue weighted by molar-refractivity contribution is -0.385. The smallest absolute Gasteiger partial charge is 0.355 e. The lowest BCUT2D eigenvalue weighted by Gasteiger charge is -2.31. The number of rotatable bonds is 6. The van der Waals surface area contributed by atoms with Crippen molar-refractivity contribution in [3.63, 3.8) is 0 Å². The van der Waals surface area contributed by atoms with Gasteiger partial charge in [-0.1, -0.05) is 30.0 Å². The zero-order valence-corrected chi connectivity index (χ0v) is 17.0. The van der Waals surface area contributed by atoms with Gasteiger partial charge < -0.3 is 19.1 Å². The van der Waals surface area contributed by atoms with Crippen molar-refractivity contribution in [3.05, 3.63) is 69.9 Å². The zero-order chi connectivity index (χ0) is 21.7. The van der Waals surface area contributed by atoms with Gasteiger partial charge in [0.05, 0.1) is 37.0 Å². The number of non-ortho nitro benzene ring substituents is 1. The first kappa shape index (κ1) is 21.3. The van der Waals surface area contributed by atoms with Crippen LogP contribution < -0.4 is 4.90 Å². The van der Waals surface area contributed by atoms with Gasteiger partial charge >= 0.3 is 11.9 Å². The molecule has 0 aliphatic carbocycles. The van der Waals surface area contributed by atoms with Crippen LogP contribution in [0.25, 0.3) is 0 Å². The van der Waals surface area contributed by atoms with E-state index in [1.165, 1.54) is 43.0 Å². The van der Waals surface area contributed by atoms with Crippen LogP contribution in [0.2, 0.25) is 0 Å². The first-order valence-corrected chi connectivity index (χ1v) is 9.53. The molecule has 10 heteroatoms. The second kappa shape index (κ2) is 9.42. The van der Waals surface area contributed by atoms with Crippen molar-refractivity contribution in [2.75, 3.05) is 32.5 Å². The summed E-state index contributed by atoms with van der Waals surface area (Å²) in [6.07, 6.45) is 0. The van der Waals surface area contributed by atoms with Crippen molar-refractivity contribution in [2.45, 2.75) is 9.79 Å². The molecule has 156 valence electrons. The quantitative estimate of drug-likeness (QED) is 0.388. The van der Waals surface area contributed by atoms with E-state index in [1.807, 2.05) is 30.3 Å². The summed E-state index contributed by atoms with van der Waals surface area (Å²) in [5, 5.41) is 11.5. The fraction of sp³-hybridized carbons (Fsp3) is 0.200. The highest BCUT2D eigenvalue weighted by atomic mass is 32.2. The summed E-state index contributed by atoms with van der Waals surface area (Å²) < 4.78 is 15.0. The molecule has 0 unspecified atom stereocenters. The molecule has 1 aliphatic rings. The summed E-state index contributed by atoms with van der Waals surface area (Å²) in [4.78, 5) is 38.4. The minimum Gasteiger partial charge on any atom is -0.466 e. The van der Waals surface area contributed by atoms with E-state index in [2.05, 4.69) is 0 Å². The molecule has 0 atom stereocenters. The van der Waals surface area contributed by atoms with E-state index >= 15 is 0 Å². The van der Waals surface area contributed by atoms with Gasteiger partial charge in [-0.05, 0) is 18.2 Å². The van der Waals surface area contributed by atoms with Crippen molar-refractivity contribution in [1.82, 2.24) is 0 Å². The van der Waals surface area contributed by atoms with Crippen LogP contribution in [0.15, 0.2) is 69.6 Å². The number of ether oxygens (including phenoxy) is 3. The monoisotopic (exact) mass is 430 g/mol. The van der Waals surface area contributed by atoms with Crippen LogP contribution in [-0.2, 0) is 23.8 Å². The minimum atomic E-state index is -0.775. The van der Waals surface area contributed by atoms with Gasteiger partial charge in [0.2, 0.25) is 0 Å². The Morgan fingerprint density at radius 2 is 1.77 bits per heavy atom. The predicted molar refractivity (Wildman–Crippen MR) is 108 cm³/mol. The van der Waals surface area contributed by atoms with Gasteiger partial charge in [-0.15, -0.1) is 0 Å². The van der Waals surface area contributed by atoms with Crippen LogP contribution >= 0.6 is 11.8 Å². The van der Waals surface area contributed by atoms with E-state index in [4.69, 9.17) is 14.2 Å². The first-order chi connectivity index (χ1) is 14.4. The lowest BCUT2D eigenvalue weighted by atomic mass is 10.1. The minimum absolute atomic E-state index is 0.0284. The molecule has 0 saturated heterocycles. The third-order valence-electron chi connectivity index (χ3n) is 4.21. The molecule has 0 N–H and O–H groups in total. The third kappa shape index (κ3) is 4.61. The van der Waals surface area contributed by atoms with Crippen molar-refractivity contribution in [2.24, 2.45) is 0 Å². The molecule has 0 radical (unpaired) electrons. The molecule has 2 aromatic rings. The Balaban J connectivity index is 2.11. The normalized spacial score (nSPS) is 13.7. The number of anilines is 1. The van der Waals surface area contributed by atoms with Crippen molar-refractivity contribution in [1.29, 1.82) is 0 Å². The maximum Gasteiger partial charge on any atom is 0.355 e. The third-order valence-corrected chi connectivity index (χ3v) is 5.19. The van der Waals surface area contributed by atoms with Crippen LogP contribution in [0, 0.1) is 10.1 Å². The number of esters is 2. The Morgan fingerprint density at radius 3 is 2.40 bits per heavy atom. The van der Waals surface area contributed by atoms with Gasteiger partial charge in [-0.2, -0.15) is 0 Å². The fourth-order valence-electron chi connectivity index (χ4n) is 2.86. The Labute approximate surface area is 176 Å². The molecule has 1 heterocycles. The molecule has 9 nitrogen and oxygen atoms in total. The van der Waals surface area contributed by atoms with E-state index in [0.717, 1.165) is 4.90 Å². The number of nitrogens with zero attached hydrogens (tertiary/aromatic N) is 2. The summed E-state index contributed by atoms with van der Waals surface area (Å²) in [5.41, 5.74) is 0.0376. The predicted octanol–water partition coefficient (Wildman–Crippen LogP) is 3.14. The van der Waals surface area contributed by atoms with Crippen LogP contribution in [0.1, 0.15) is 0 Å². The van der Waals surface area contributed by atoms with Gasteiger partial charge in [0.25, 0.3) is 5.69 Å². The van der Waals surface area contributed by atoms with Gasteiger partial charge in [0, 0.05) is 21.9 Å². The summed E-state index contributed by atoms with van der Waals surface area (Å²) in [5.74, 6) is -1.52. The number of methoxy groups -OCH3 is 2. The Bertz CT molecular complexity index is 1010. The second-order valence-electron chi connectivity index (χ2n) is 6.07. The first-order valence-electron chi connectivity index (χ1n) is 8.72. The Hall–Kier alpha value is -3.37. The largest absolute Gasteiger partial charge is 0.466 e. The molecule has 30 heavy (non-hydrogen) atoms. The fourth-order valence-corrected chi connectivity index (χ4v) is 3.78. The van der Waals surface area contributed by atoms with Gasteiger partial charge in [0.1, 0.15) is 12.4 Å². The summed E-state index contributed by atoms with van der Waals surface area (Å²) >= 11 is 1.33. The number of hydrogen-bond donors (Lipinski definition) is 0. The van der Waals surface area contributed by atoms with Crippen molar-refractivity contribution < 1.29 is 28.7 Å². The Kier molecular flexibility index (Phi) is 6.70. The summed E-state index contributed by atoms with van der Waals surface area (Å²) in [6.45, 7) is -0.240. The molecule has 0 saturated carbocycles. The number of carbonyl (C=O) groups excluding carboxylic acids is 2. The Morgan fingerprint density at radius 1 is 1.07 bits per heavy atom. The molecule has 0 bridgehead atoms. The van der Waals surface area contributed by atoms with Crippen LogP contribution in [-0.4, -0.2) is 44.4 Å². The van der Waals surface area contributed by atoms with Crippen LogP contribution in [0.4, 0.5) is 11.4 Å². The van der Waals surface area contributed by atoms with Crippen LogP contribution in [0.3, 0.4) is 0 Å². The molecule has 0 spiro atoms. The molecule has 0 fully saturated rings. The van der Waals surface area contributed by atoms with E-state index in [9.17, 15) is 19.7 Å². The van der Waals surface area contributed by atoms with Gasteiger partial charge in [-0.3, -0.25) is 10.1 Å². The van der Waals surface area contributed by atoms with E-state index in [0.29, 0.717) is 10.6 Å². The van der Waals surface area contributed by atoms with Gasteiger partial charge in [-0.25, -0.2) is 9.59 Å². The van der Waals surface area contributed by atoms with E-state index in [-0.39, 0.29) is 30.3 Å². The average Bonchev–Trinajstić information content (AvgIpc) is 2.77. The molecule has 3 rings (SSSR count). The molecule has 0 aromatic heterocycles. The maximum absolute atomic E-state index is 12.5. The number of benzene rings is 2. The molecular formula is C20H18N2O7S. The standard InChI is InChI=1S/C20H18N2O7S/c1-27-19(23)17-11-29-12-21(18(17)20(24)28-2)13-8-14(22(25)26)10-16(9-13)30-15-6-4-3-5-7-15/h3-10H,11-12H2,1-2H3. The topological polar surface area (TPSA) is 108 Å². The van der Waals surface area contributed by atoms with Gasteiger partial charge in [0.15, 0.2) is 0 Å².